The summed E-state index contributed by atoms with van der Waals surface area (Å²) in [6, 6.07) is 13.9. The molecule has 0 aliphatic heterocycles. The number of hydrogen-bond acceptors (Lipinski definition) is 3. The molecule has 2 aromatic rings. The Hall–Kier alpha value is -2.54. The minimum Gasteiger partial charge on any atom is -0.399 e. The number of rotatable bonds is 4. The molecule has 0 spiro atoms. The molecule has 0 radical (unpaired) electrons. The van der Waals surface area contributed by atoms with Crippen molar-refractivity contribution in [1.82, 2.24) is 0 Å². The molecule has 0 amide bonds. The molecule has 0 aromatic heterocycles. The first-order chi connectivity index (χ1) is 9.19. The summed E-state index contributed by atoms with van der Waals surface area (Å²) in [5.41, 5.74) is 8.20. The van der Waals surface area contributed by atoms with Crippen LogP contribution in [-0.4, -0.2) is 6.54 Å². The lowest BCUT2D eigenvalue weighted by Gasteiger charge is -2.08. The van der Waals surface area contributed by atoms with Crippen LogP contribution < -0.4 is 11.1 Å². The van der Waals surface area contributed by atoms with Gasteiger partial charge in [-0.25, -0.2) is 4.39 Å². The predicted octanol–water partition coefficient (Wildman–Crippen LogP) is 2.93. The second kappa shape index (κ2) is 5.87. The third-order valence-electron chi connectivity index (χ3n) is 2.81. The summed E-state index contributed by atoms with van der Waals surface area (Å²) in [6.45, 7) is 0.618. The highest BCUT2D eigenvalue weighted by Crippen LogP contribution is 2.15. The van der Waals surface area contributed by atoms with Crippen molar-refractivity contribution in [1.29, 1.82) is 5.26 Å². The maximum Gasteiger partial charge on any atom is 0.147 e. The number of nitrogen functional groups attached to an aromatic ring is 1. The van der Waals surface area contributed by atoms with Crippen LogP contribution in [0.3, 0.4) is 0 Å². The van der Waals surface area contributed by atoms with Crippen LogP contribution >= 0.6 is 0 Å². The fourth-order valence-electron chi connectivity index (χ4n) is 1.75. The molecule has 2 aromatic carbocycles. The average molecular weight is 255 g/mol. The van der Waals surface area contributed by atoms with Crippen LogP contribution in [-0.2, 0) is 6.42 Å². The first-order valence-electron chi connectivity index (χ1n) is 5.97. The smallest absolute Gasteiger partial charge is 0.147 e. The number of nitrogens with zero attached hydrogens (tertiary/aromatic N) is 1. The Morgan fingerprint density at radius 2 is 1.89 bits per heavy atom. The van der Waals surface area contributed by atoms with Crippen LogP contribution in [0.5, 0.6) is 0 Å². The lowest BCUT2D eigenvalue weighted by Crippen LogP contribution is -2.06. The van der Waals surface area contributed by atoms with Gasteiger partial charge >= 0.3 is 0 Å². The van der Waals surface area contributed by atoms with E-state index in [0.29, 0.717) is 17.8 Å². The number of halogens is 1. The number of benzene rings is 2. The summed E-state index contributed by atoms with van der Waals surface area (Å²) in [6.07, 6.45) is 0.778. The van der Waals surface area contributed by atoms with Crippen LogP contribution in [0.15, 0.2) is 42.5 Å². The van der Waals surface area contributed by atoms with Gasteiger partial charge in [0.2, 0.25) is 0 Å². The van der Waals surface area contributed by atoms with Crippen LogP contribution in [0.1, 0.15) is 11.1 Å². The molecule has 0 unspecified atom stereocenters. The van der Waals surface area contributed by atoms with Gasteiger partial charge in [-0.1, -0.05) is 12.1 Å². The maximum atomic E-state index is 13.6. The number of nitrogens with one attached hydrogen (secondary N) is 1. The molecule has 96 valence electrons. The highest BCUT2D eigenvalue weighted by atomic mass is 19.1. The Morgan fingerprint density at radius 1 is 1.16 bits per heavy atom. The lowest BCUT2D eigenvalue weighted by molar-refractivity contribution is 0.629. The summed E-state index contributed by atoms with van der Waals surface area (Å²) in [5.74, 6) is -0.406. The quantitative estimate of drug-likeness (QED) is 0.826. The first-order valence-corrected chi connectivity index (χ1v) is 5.97. The molecule has 0 aliphatic carbocycles. The average Bonchev–Trinajstić information content (AvgIpc) is 2.42. The zero-order valence-corrected chi connectivity index (χ0v) is 10.4. The molecule has 0 bridgehead atoms. The van der Waals surface area contributed by atoms with E-state index < -0.39 is 5.82 Å². The molecule has 3 nitrogen and oxygen atoms in total. The largest absolute Gasteiger partial charge is 0.399 e. The van der Waals surface area contributed by atoms with Crippen molar-refractivity contribution in [2.75, 3.05) is 17.6 Å². The van der Waals surface area contributed by atoms with Crippen LogP contribution in [0.25, 0.3) is 0 Å². The lowest BCUT2D eigenvalue weighted by atomic mass is 10.1. The third kappa shape index (κ3) is 3.46. The van der Waals surface area contributed by atoms with Gasteiger partial charge in [0.05, 0.1) is 17.3 Å². The van der Waals surface area contributed by atoms with Gasteiger partial charge in [0.25, 0.3) is 0 Å². The zero-order chi connectivity index (χ0) is 13.7. The van der Waals surface area contributed by atoms with Gasteiger partial charge in [-0.05, 0) is 42.3 Å². The summed E-state index contributed by atoms with van der Waals surface area (Å²) in [4.78, 5) is 0. The molecule has 0 atom stereocenters. The van der Waals surface area contributed by atoms with Gasteiger partial charge in [0.1, 0.15) is 5.82 Å². The van der Waals surface area contributed by atoms with Crippen LogP contribution in [0.2, 0.25) is 0 Å². The van der Waals surface area contributed by atoms with Gasteiger partial charge in [-0.3, -0.25) is 0 Å². The molecule has 0 saturated carbocycles. The molecule has 3 N–H and O–H groups in total. The van der Waals surface area contributed by atoms with E-state index in [4.69, 9.17) is 11.0 Å². The molecular weight excluding hydrogens is 241 g/mol. The number of anilines is 2. The van der Waals surface area contributed by atoms with E-state index in [1.807, 2.05) is 30.3 Å². The van der Waals surface area contributed by atoms with Crippen molar-refractivity contribution in [3.63, 3.8) is 0 Å². The van der Waals surface area contributed by atoms with E-state index in [1.165, 1.54) is 6.07 Å². The van der Waals surface area contributed by atoms with Crippen molar-refractivity contribution in [3.8, 4) is 6.07 Å². The summed E-state index contributed by atoms with van der Waals surface area (Å²) < 4.78 is 13.6. The molecule has 0 saturated heterocycles. The van der Waals surface area contributed by atoms with Gasteiger partial charge in [0, 0.05) is 12.2 Å². The maximum absolute atomic E-state index is 13.6. The number of nitriles is 1. The molecule has 0 aliphatic rings. The van der Waals surface area contributed by atoms with Gasteiger partial charge < -0.3 is 11.1 Å². The Kier molecular flexibility index (Phi) is 3.99. The van der Waals surface area contributed by atoms with Crippen molar-refractivity contribution in [2.24, 2.45) is 0 Å². The highest BCUT2D eigenvalue weighted by Gasteiger charge is 2.02. The Labute approximate surface area is 111 Å². The van der Waals surface area contributed by atoms with Gasteiger partial charge in [0.15, 0.2) is 0 Å². The monoisotopic (exact) mass is 255 g/mol. The minimum atomic E-state index is -0.406. The Bertz CT molecular complexity index is 600. The highest BCUT2D eigenvalue weighted by molar-refractivity contribution is 5.49. The SMILES string of the molecule is N#Cc1ccc(NCCc2ccc(N)cc2)c(F)c1. The van der Waals surface area contributed by atoms with E-state index in [1.54, 1.807) is 12.1 Å². The van der Waals surface area contributed by atoms with Crippen LogP contribution in [0.4, 0.5) is 15.8 Å². The summed E-state index contributed by atoms with van der Waals surface area (Å²) in [7, 11) is 0. The molecule has 19 heavy (non-hydrogen) atoms. The van der Waals surface area contributed by atoms with Crippen molar-refractivity contribution in [2.45, 2.75) is 6.42 Å². The predicted molar refractivity (Wildman–Crippen MR) is 74.2 cm³/mol. The van der Waals surface area contributed by atoms with Gasteiger partial charge in [-0.15, -0.1) is 0 Å². The van der Waals surface area contributed by atoms with Crippen molar-refractivity contribution < 1.29 is 4.39 Å². The Morgan fingerprint density at radius 3 is 2.53 bits per heavy atom. The van der Waals surface area contributed by atoms with E-state index >= 15 is 0 Å². The normalized spacial score (nSPS) is 9.89. The Balaban J connectivity index is 1.92. The third-order valence-corrected chi connectivity index (χ3v) is 2.81. The van der Waals surface area contributed by atoms with Crippen LogP contribution in [0, 0.1) is 17.1 Å². The second-order valence-electron chi connectivity index (χ2n) is 4.22. The molecule has 0 fully saturated rings. The number of hydrogen-bond donors (Lipinski definition) is 2. The molecular formula is C15H14FN3. The van der Waals surface area contributed by atoms with E-state index in [2.05, 4.69) is 5.32 Å². The minimum absolute atomic E-state index is 0.321. The van der Waals surface area contributed by atoms with E-state index in [-0.39, 0.29) is 0 Å². The van der Waals surface area contributed by atoms with E-state index in [9.17, 15) is 4.39 Å². The molecule has 4 heteroatoms. The molecule has 2 rings (SSSR count). The fourth-order valence-corrected chi connectivity index (χ4v) is 1.75. The van der Waals surface area contributed by atoms with Gasteiger partial charge in [-0.2, -0.15) is 5.26 Å². The zero-order valence-electron chi connectivity index (χ0n) is 10.4. The second-order valence-corrected chi connectivity index (χ2v) is 4.22. The molecule has 0 heterocycles. The number of nitrogens with two attached hydrogens (primary N) is 1. The van der Waals surface area contributed by atoms with Crippen molar-refractivity contribution >= 4 is 11.4 Å². The van der Waals surface area contributed by atoms with E-state index in [0.717, 1.165) is 17.7 Å². The summed E-state index contributed by atoms with van der Waals surface area (Å²) >= 11 is 0. The fraction of sp³-hybridized carbons (Fsp3) is 0.133. The standard InChI is InChI=1S/C15H14FN3/c16-14-9-12(10-17)3-6-15(14)19-8-7-11-1-4-13(18)5-2-11/h1-6,9,19H,7-8,18H2. The first kappa shape index (κ1) is 12.9. The summed E-state index contributed by atoms with van der Waals surface area (Å²) in [5, 5.41) is 11.7. The topological polar surface area (TPSA) is 61.8 Å². The van der Waals surface area contributed by atoms with Crippen molar-refractivity contribution in [3.05, 3.63) is 59.4 Å².